The molecule has 122 valence electrons. The second-order valence-corrected chi connectivity index (χ2v) is 5.39. The number of nitrogens with zero attached hydrogens (tertiary/aromatic N) is 2. The molecule has 0 aliphatic heterocycles. The minimum atomic E-state index is -0.327. The largest absolute Gasteiger partial charge is 0.462 e. The lowest BCUT2D eigenvalue weighted by Gasteiger charge is -2.11. The molecule has 0 saturated carbocycles. The smallest absolute Gasteiger partial charge is 0.338 e. The predicted octanol–water partition coefficient (Wildman–Crippen LogP) is 2.39. The van der Waals surface area contributed by atoms with Crippen LogP contribution in [0.5, 0.6) is 0 Å². The van der Waals surface area contributed by atoms with Crippen molar-refractivity contribution in [3.05, 3.63) is 47.3 Å². The van der Waals surface area contributed by atoms with E-state index < -0.39 is 0 Å². The van der Waals surface area contributed by atoms with Crippen molar-refractivity contribution >= 4 is 29.0 Å². The Labute approximate surface area is 140 Å². The number of hydrogen-bond donors (Lipinski definition) is 2. The number of hydrogen-bond acceptors (Lipinski definition) is 4. The van der Waals surface area contributed by atoms with Crippen LogP contribution in [0.3, 0.4) is 0 Å². The van der Waals surface area contributed by atoms with Crippen molar-refractivity contribution in [3.63, 3.8) is 0 Å². The Kier molecular flexibility index (Phi) is 5.70. The zero-order valence-corrected chi connectivity index (χ0v) is 14.2. The van der Waals surface area contributed by atoms with Gasteiger partial charge in [0, 0.05) is 30.5 Å². The lowest BCUT2D eigenvalue weighted by atomic mass is 10.2. The van der Waals surface area contributed by atoms with Crippen LogP contribution < -0.4 is 10.6 Å². The molecule has 0 bridgehead atoms. The SMILES string of the molecule is CCOC(=O)c1ccc(NC(=S)NCc2cnn(C)c2C)cc1. The third-order valence-corrected chi connectivity index (χ3v) is 3.68. The highest BCUT2D eigenvalue weighted by molar-refractivity contribution is 7.80. The van der Waals surface area contributed by atoms with Crippen molar-refractivity contribution in [2.24, 2.45) is 7.05 Å². The van der Waals surface area contributed by atoms with Crippen molar-refractivity contribution in [2.75, 3.05) is 11.9 Å². The van der Waals surface area contributed by atoms with Gasteiger partial charge in [0.25, 0.3) is 0 Å². The topological polar surface area (TPSA) is 68.2 Å². The van der Waals surface area contributed by atoms with Crippen molar-refractivity contribution in [1.29, 1.82) is 0 Å². The van der Waals surface area contributed by atoms with Crippen molar-refractivity contribution < 1.29 is 9.53 Å². The van der Waals surface area contributed by atoms with Crippen LogP contribution in [0.1, 0.15) is 28.5 Å². The molecule has 0 unspecified atom stereocenters. The van der Waals surface area contributed by atoms with Gasteiger partial charge in [0.15, 0.2) is 5.11 Å². The van der Waals surface area contributed by atoms with Crippen LogP contribution in [0.4, 0.5) is 5.69 Å². The fraction of sp³-hybridized carbons (Fsp3) is 0.312. The molecule has 1 aromatic heterocycles. The molecule has 0 spiro atoms. The van der Waals surface area contributed by atoms with Crippen molar-refractivity contribution in [2.45, 2.75) is 20.4 Å². The molecule has 0 atom stereocenters. The first-order valence-corrected chi connectivity index (χ1v) is 7.71. The summed E-state index contributed by atoms with van der Waals surface area (Å²) in [6.07, 6.45) is 1.82. The zero-order chi connectivity index (χ0) is 16.8. The Bertz CT molecular complexity index is 695. The number of nitrogens with one attached hydrogen (secondary N) is 2. The van der Waals surface area contributed by atoms with Crippen LogP contribution in [0.25, 0.3) is 0 Å². The summed E-state index contributed by atoms with van der Waals surface area (Å²) in [5.41, 5.74) is 3.51. The van der Waals surface area contributed by atoms with Gasteiger partial charge >= 0.3 is 5.97 Å². The second kappa shape index (κ2) is 7.73. The van der Waals surface area contributed by atoms with Gasteiger partial charge in [-0.15, -0.1) is 0 Å². The van der Waals surface area contributed by atoms with Crippen LogP contribution in [0.15, 0.2) is 30.5 Å². The van der Waals surface area contributed by atoms with Gasteiger partial charge in [-0.2, -0.15) is 5.10 Å². The number of anilines is 1. The van der Waals surface area contributed by atoms with Gasteiger partial charge in [-0.1, -0.05) is 0 Å². The average Bonchev–Trinajstić information content (AvgIpc) is 2.85. The van der Waals surface area contributed by atoms with Gasteiger partial charge in [-0.25, -0.2) is 4.79 Å². The Morgan fingerprint density at radius 3 is 2.61 bits per heavy atom. The molecule has 1 heterocycles. The Morgan fingerprint density at radius 1 is 1.35 bits per heavy atom. The molecule has 2 aromatic rings. The molecule has 6 nitrogen and oxygen atoms in total. The summed E-state index contributed by atoms with van der Waals surface area (Å²) >= 11 is 5.27. The molecule has 23 heavy (non-hydrogen) atoms. The number of thiocarbonyl (C=S) groups is 1. The highest BCUT2D eigenvalue weighted by Gasteiger charge is 2.07. The molecule has 0 aliphatic rings. The maximum Gasteiger partial charge on any atom is 0.338 e. The lowest BCUT2D eigenvalue weighted by Crippen LogP contribution is -2.28. The van der Waals surface area contributed by atoms with E-state index in [1.807, 2.05) is 24.9 Å². The van der Waals surface area contributed by atoms with Gasteiger partial charge in [0.05, 0.1) is 18.4 Å². The lowest BCUT2D eigenvalue weighted by molar-refractivity contribution is 0.0526. The molecule has 0 radical (unpaired) electrons. The van der Waals surface area contributed by atoms with Crippen molar-refractivity contribution in [3.8, 4) is 0 Å². The number of carbonyl (C=O) groups is 1. The van der Waals surface area contributed by atoms with Gasteiger partial charge in [-0.3, -0.25) is 4.68 Å². The van der Waals surface area contributed by atoms with E-state index in [1.165, 1.54) is 0 Å². The first-order chi connectivity index (χ1) is 11.0. The first kappa shape index (κ1) is 17.0. The number of esters is 1. The number of carbonyl (C=O) groups excluding carboxylic acids is 1. The third-order valence-electron chi connectivity index (χ3n) is 3.43. The van der Waals surface area contributed by atoms with Crippen LogP contribution >= 0.6 is 12.2 Å². The number of rotatable bonds is 5. The summed E-state index contributed by atoms with van der Waals surface area (Å²) in [4.78, 5) is 11.6. The molecule has 0 aliphatic carbocycles. The highest BCUT2D eigenvalue weighted by atomic mass is 32.1. The molecular formula is C16H20N4O2S. The predicted molar refractivity (Wildman–Crippen MR) is 93.4 cm³/mol. The van der Waals surface area contributed by atoms with E-state index in [-0.39, 0.29) is 5.97 Å². The highest BCUT2D eigenvalue weighted by Crippen LogP contribution is 2.11. The van der Waals surface area contributed by atoms with E-state index in [4.69, 9.17) is 17.0 Å². The number of ether oxygens (including phenoxy) is 1. The maximum absolute atomic E-state index is 11.6. The Balaban J connectivity index is 1.87. The fourth-order valence-corrected chi connectivity index (χ4v) is 2.16. The normalized spacial score (nSPS) is 10.2. The summed E-state index contributed by atoms with van der Waals surface area (Å²) in [7, 11) is 1.90. The van der Waals surface area contributed by atoms with Crippen LogP contribution in [-0.2, 0) is 18.3 Å². The van der Waals surface area contributed by atoms with Crippen LogP contribution in [-0.4, -0.2) is 27.5 Å². The number of aromatic nitrogens is 2. The van der Waals surface area contributed by atoms with E-state index in [0.29, 0.717) is 23.8 Å². The Morgan fingerprint density at radius 2 is 2.04 bits per heavy atom. The van der Waals surface area contributed by atoms with E-state index in [2.05, 4.69) is 15.7 Å². The summed E-state index contributed by atoms with van der Waals surface area (Å²) in [6.45, 7) is 4.75. The molecule has 2 rings (SSSR count). The molecule has 0 saturated heterocycles. The van der Waals surface area contributed by atoms with Crippen LogP contribution in [0.2, 0.25) is 0 Å². The van der Waals surface area contributed by atoms with Gasteiger partial charge < -0.3 is 15.4 Å². The minimum Gasteiger partial charge on any atom is -0.462 e. The Hall–Kier alpha value is -2.41. The summed E-state index contributed by atoms with van der Waals surface area (Å²) in [6, 6.07) is 6.98. The maximum atomic E-state index is 11.6. The van der Waals surface area contributed by atoms with Gasteiger partial charge in [-0.05, 0) is 50.3 Å². The summed E-state index contributed by atoms with van der Waals surface area (Å²) in [5.74, 6) is -0.327. The van der Waals surface area contributed by atoms with E-state index in [1.54, 1.807) is 31.2 Å². The van der Waals surface area contributed by atoms with E-state index >= 15 is 0 Å². The monoisotopic (exact) mass is 332 g/mol. The van der Waals surface area contributed by atoms with Gasteiger partial charge in [0.1, 0.15) is 0 Å². The molecule has 2 N–H and O–H groups in total. The molecule has 7 heteroatoms. The van der Waals surface area contributed by atoms with Crippen molar-refractivity contribution in [1.82, 2.24) is 15.1 Å². The molecule has 1 aromatic carbocycles. The number of aryl methyl sites for hydroxylation is 1. The summed E-state index contributed by atoms with van der Waals surface area (Å²) < 4.78 is 6.77. The minimum absolute atomic E-state index is 0.327. The average molecular weight is 332 g/mol. The first-order valence-electron chi connectivity index (χ1n) is 7.30. The summed E-state index contributed by atoms with van der Waals surface area (Å²) in [5, 5.41) is 10.9. The fourth-order valence-electron chi connectivity index (χ4n) is 1.97. The van der Waals surface area contributed by atoms with E-state index in [0.717, 1.165) is 16.9 Å². The molecule has 0 amide bonds. The zero-order valence-electron chi connectivity index (χ0n) is 13.4. The molecular weight excluding hydrogens is 312 g/mol. The third kappa shape index (κ3) is 4.53. The molecule has 0 fully saturated rings. The standard InChI is InChI=1S/C16H20N4O2S/c1-4-22-15(21)12-5-7-14(8-6-12)19-16(23)17-9-13-10-18-20(3)11(13)2/h5-8,10H,4,9H2,1-3H3,(H2,17,19,23). The number of benzene rings is 1. The van der Waals surface area contributed by atoms with Crippen LogP contribution in [0, 0.1) is 6.92 Å². The van der Waals surface area contributed by atoms with E-state index in [9.17, 15) is 4.79 Å². The quantitative estimate of drug-likeness (QED) is 0.647. The van der Waals surface area contributed by atoms with Gasteiger partial charge in [0.2, 0.25) is 0 Å². The second-order valence-electron chi connectivity index (χ2n) is 4.98.